The van der Waals surface area contributed by atoms with Gasteiger partial charge in [-0.05, 0) is 27.2 Å². The third-order valence-electron chi connectivity index (χ3n) is 1.52. The minimum Gasteiger partial charge on any atom is -0.457 e. The predicted molar refractivity (Wildman–Crippen MR) is 60.7 cm³/mol. The molecule has 0 amide bonds. The standard InChI is InChI=1S/C12H22O3/c1-5-6-9-14-10-7-8-11(13)15-12(2,3)4/h7-8H,5-6,9-10H2,1-4H3/b8-7+. The molecule has 0 aromatic rings. The Hall–Kier alpha value is -0.830. The molecule has 0 fully saturated rings. The summed E-state index contributed by atoms with van der Waals surface area (Å²) in [7, 11) is 0. The normalized spacial score (nSPS) is 12.0. The van der Waals surface area contributed by atoms with E-state index >= 15 is 0 Å². The number of esters is 1. The maximum Gasteiger partial charge on any atom is 0.331 e. The zero-order valence-corrected chi connectivity index (χ0v) is 10.2. The highest BCUT2D eigenvalue weighted by atomic mass is 16.6. The van der Waals surface area contributed by atoms with E-state index in [9.17, 15) is 4.79 Å². The van der Waals surface area contributed by atoms with E-state index in [0.29, 0.717) is 6.61 Å². The molecule has 0 aromatic carbocycles. The number of unbranched alkanes of at least 4 members (excludes halogenated alkanes) is 1. The van der Waals surface area contributed by atoms with Crippen molar-refractivity contribution >= 4 is 5.97 Å². The largest absolute Gasteiger partial charge is 0.457 e. The van der Waals surface area contributed by atoms with Crippen LogP contribution in [0.2, 0.25) is 0 Å². The van der Waals surface area contributed by atoms with Gasteiger partial charge in [0, 0.05) is 12.7 Å². The first-order chi connectivity index (χ1) is 6.95. The summed E-state index contributed by atoms with van der Waals surface area (Å²) in [6, 6.07) is 0. The van der Waals surface area contributed by atoms with Crippen molar-refractivity contribution < 1.29 is 14.3 Å². The van der Waals surface area contributed by atoms with Gasteiger partial charge in [-0.3, -0.25) is 0 Å². The molecular weight excluding hydrogens is 192 g/mol. The van der Waals surface area contributed by atoms with Crippen LogP contribution < -0.4 is 0 Å². The fourth-order valence-corrected chi connectivity index (χ4v) is 0.878. The molecule has 0 bridgehead atoms. The Balaban J connectivity index is 3.55. The van der Waals surface area contributed by atoms with Crippen molar-refractivity contribution in [2.24, 2.45) is 0 Å². The quantitative estimate of drug-likeness (QED) is 0.387. The summed E-state index contributed by atoms with van der Waals surface area (Å²) in [6.45, 7) is 8.86. The Morgan fingerprint density at radius 1 is 1.33 bits per heavy atom. The first-order valence-corrected chi connectivity index (χ1v) is 5.43. The first-order valence-electron chi connectivity index (χ1n) is 5.43. The van der Waals surface area contributed by atoms with E-state index in [0.717, 1.165) is 19.4 Å². The number of carbonyl (C=O) groups is 1. The van der Waals surface area contributed by atoms with Gasteiger partial charge in [-0.25, -0.2) is 4.79 Å². The van der Waals surface area contributed by atoms with Crippen LogP contribution in [0.25, 0.3) is 0 Å². The van der Waals surface area contributed by atoms with Crippen molar-refractivity contribution in [3.8, 4) is 0 Å². The molecule has 0 aliphatic heterocycles. The van der Waals surface area contributed by atoms with Crippen LogP contribution in [0.15, 0.2) is 12.2 Å². The van der Waals surface area contributed by atoms with Crippen LogP contribution in [-0.4, -0.2) is 24.8 Å². The van der Waals surface area contributed by atoms with Crippen molar-refractivity contribution in [3.63, 3.8) is 0 Å². The number of carbonyl (C=O) groups excluding carboxylic acids is 1. The highest BCUT2D eigenvalue weighted by Crippen LogP contribution is 2.06. The van der Waals surface area contributed by atoms with Crippen molar-refractivity contribution in [2.75, 3.05) is 13.2 Å². The van der Waals surface area contributed by atoms with Crippen LogP contribution in [-0.2, 0) is 14.3 Å². The number of hydrogen-bond acceptors (Lipinski definition) is 3. The Morgan fingerprint density at radius 3 is 2.53 bits per heavy atom. The van der Waals surface area contributed by atoms with Gasteiger partial charge in [-0.1, -0.05) is 19.4 Å². The lowest BCUT2D eigenvalue weighted by molar-refractivity contribution is -0.148. The predicted octanol–water partition coefficient (Wildman–Crippen LogP) is 2.70. The van der Waals surface area contributed by atoms with Crippen LogP contribution in [0.3, 0.4) is 0 Å². The maximum atomic E-state index is 11.2. The third-order valence-corrected chi connectivity index (χ3v) is 1.52. The fourth-order valence-electron chi connectivity index (χ4n) is 0.878. The van der Waals surface area contributed by atoms with Gasteiger partial charge < -0.3 is 9.47 Å². The van der Waals surface area contributed by atoms with Crippen molar-refractivity contribution in [2.45, 2.75) is 46.1 Å². The van der Waals surface area contributed by atoms with Gasteiger partial charge in [0.15, 0.2) is 0 Å². The molecule has 0 spiro atoms. The van der Waals surface area contributed by atoms with E-state index in [2.05, 4.69) is 6.92 Å². The minimum absolute atomic E-state index is 0.318. The van der Waals surface area contributed by atoms with Crippen LogP contribution >= 0.6 is 0 Å². The van der Waals surface area contributed by atoms with Gasteiger partial charge in [0.1, 0.15) is 5.60 Å². The molecule has 0 aliphatic rings. The summed E-state index contributed by atoms with van der Waals surface area (Å²) in [5.74, 6) is -0.318. The molecular formula is C12H22O3. The van der Waals surface area contributed by atoms with Gasteiger partial charge in [0.2, 0.25) is 0 Å². The molecule has 0 unspecified atom stereocenters. The molecule has 88 valence electrons. The molecule has 15 heavy (non-hydrogen) atoms. The highest BCUT2D eigenvalue weighted by Gasteiger charge is 2.13. The van der Waals surface area contributed by atoms with E-state index in [1.165, 1.54) is 6.08 Å². The average molecular weight is 214 g/mol. The fraction of sp³-hybridized carbons (Fsp3) is 0.750. The highest BCUT2D eigenvalue weighted by molar-refractivity contribution is 5.82. The Bertz CT molecular complexity index is 201. The van der Waals surface area contributed by atoms with E-state index in [1.807, 2.05) is 20.8 Å². The lowest BCUT2D eigenvalue weighted by atomic mass is 10.2. The third kappa shape index (κ3) is 11.1. The lowest BCUT2D eigenvalue weighted by Gasteiger charge is -2.17. The van der Waals surface area contributed by atoms with Gasteiger partial charge >= 0.3 is 5.97 Å². The molecule has 0 saturated carbocycles. The van der Waals surface area contributed by atoms with Crippen molar-refractivity contribution in [3.05, 3.63) is 12.2 Å². The molecule has 0 radical (unpaired) electrons. The smallest absolute Gasteiger partial charge is 0.331 e. The van der Waals surface area contributed by atoms with E-state index in [-0.39, 0.29) is 5.97 Å². The summed E-state index contributed by atoms with van der Waals surface area (Å²) >= 11 is 0. The van der Waals surface area contributed by atoms with E-state index < -0.39 is 5.60 Å². The molecule has 0 heterocycles. The van der Waals surface area contributed by atoms with E-state index in [4.69, 9.17) is 9.47 Å². The van der Waals surface area contributed by atoms with Crippen LogP contribution in [0.4, 0.5) is 0 Å². The van der Waals surface area contributed by atoms with Crippen molar-refractivity contribution in [1.29, 1.82) is 0 Å². The molecule has 0 N–H and O–H groups in total. The topological polar surface area (TPSA) is 35.5 Å². The average Bonchev–Trinajstić information content (AvgIpc) is 2.08. The second kappa shape index (κ2) is 7.46. The Labute approximate surface area is 92.5 Å². The zero-order valence-electron chi connectivity index (χ0n) is 10.2. The summed E-state index contributed by atoms with van der Waals surface area (Å²) < 4.78 is 10.3. The van der Waals surface area contributed by atoms with Crippen LogP contribution in [0, 0.1) is 0 Å². The zero-order chi connectivity index (χ0) is 11.7. The Morgan fingerprint density at radius 2 is 2.00 bits per heavy atom. The minimum atomic E-state index is -0.426. The number of rotatable bonds is 6. The molecule has 0 rings (SSSR count). The van der Waals surface area contributed by atoms with Crippen molar-refractivity contribution in [1.82, 2.24) is 0 Å². The maximum absolute atomic E-state index is 11.2. The Kier molecular flexibility index (Phi) is 7.05. The number of ether oxygens (including phenoxy) is 2. The van der Waals surface area contributed by atoms with Crippen LogP contribution in [0.1, 0.15) is 40.5 Å². The lowest BCUT2D eigenvalue weighted by Crippen LogP contribution is -2.22. The SMILES string of the molecule is CCCCOC/C=C/C(=O)OC(C)(C)C. The molecule has 0 atom stereocenters. The second-order valence-electron chi connectivity index (χ2n) is 4.36. The summed E-state index contributed by atoms with van der Waals surface area (Å²) in [5.41, 5.74) is -0.426. The van der Waals surface area contributed by atoms with Crippen LogP contribution in [0.5, 0.6) is 0 Å². The molecule has 0 aliphatic carbocycles. The van der Waals surface area contributed by atoms with Gasteiger partial charge in [0.05, 0.1) is 6.61 Å². The molecule has 3 heteroatoms. The summed E-state index contributed by atoms with van der Waals surface area (Å²) in [5, 5.41) is 0. The summed E-state index contributed by atoms with van der Waals surface area (Å²) in [4.78, 5) is 11.2. The number of hydrogen-bond donors (Lipinski definition) is 0. The van der Waals surface area contributed by atoms with Gasteiger partial charge in [0.25, 0.3) is 0 Å². The molecule has 0 saturated heterocycles. The van der Waals surface area contributed by atoms with Gasteiger partial charge in [-0.15, -0.1) is 0 Å². The second-order valence-corrected chi connectivity index (χ2v) is 4.36. The van der Waals surface area contributed by atoms with E-state index in [1.54, 1.807) is 6.08 Å². The monoisotopic (exact) mass is 214 g/mol. The van der Waals surface area contributed by atoms with Gasteiger partial charge in [-0.2, -0.15) is 0 Å². The summed E-state index contributed by atoms with van der Waals surface area (Å²) in [6.07, 6.45) is 5.27. The molecule has 0 aromatic heterocycles. The first kappa shape index (κ1) is 14.2. The molecule has 3 nitrogen and oxygen atoms in total.